The lowest BCUT2D eigenvalue weighted by atomic mass is 10.3. The largest absolute Gasteiger partial charge is 0.351 e. The number of nitrogens with one attached hydrogen (secondary N) is 3. The van der Waals surface area contributed by atoms with E-state index in [0.717, 1.165) is 18.5 Å². The Balaban J connectivity index is 1.63. The van der Waals surface area contributed by atoms with E-state index in [1.807, 2.05) is 34.3 Å². The number of carbonyl (C=O) groups is 3. The van der Waals surface area contributed by atoms with Crippen LogP contribution in [0.3, 0.4) is 0 Å². The molecule has 0 aliphatic carbocycles. The molecule has 3 aromatic heterocycles. The van der Waals surface area contributed by atoms with Crippen LogP contribution in [0.25, 0.3) is 0 Å². The van der Waals surface area contributed by atoms with Gasteiger partial charge < -0.3 is 34.6 Å². The van der Waals surface area contributed by atoms with Gasteiger partial charge in [0.2, 0.25) is 0 Å². The molecule has 0 aliphatic rings. The Morgan fingerprint density at radius 2 is 1.24 bits per heavy atom. The zero-order chi connectivity index (χ0) is 25.0. The summed E-state index contributed by atoms with van der Waals surface area (Å²) in [6.07, 6.45) is 6.09. The van der Waals surface area contributed by atoms with E-state index in [2.05, 4.69) is 20.9 Å². The van der Waals surface area contributed by atoms with Crippen LogP contribution >= 0.6 is 0 Å². The quantitative estimate of drug-likeness (QED) is 0.420. The van der Waals surface area contributed by atoms with Gasteiger partial charge in [-0.1, -0.05) is 0 Å². The van der Waals surface area contributed by atoms with Crippen LogP contribution in [0.2, 0.25) is 0 Å². The van der Waals surface area contributed by atoms with E-state index in [4.69, 9.17) is 0 Å². The average molecular weight is 468 g/mol. The Bertz CT molecular complexity index is 1200. The Morgan fingerprint density at radius 3 is 1.71 bits per heavy atom. The first-order chi connectivity index (χ1) is 16.0. The second-order valence-corrected chi connectivity index (χ2v) is 8.78. The number of aryl methyl sites for hydroxylation is 4. The molecule has 0 bridgehead atoms. The van der Waals surface area contributed by atoms with Gasteiger partial charge in [0.1, 0.15) is 17.1 Å². The maximum absolute atomic E-state index is 12.9. The van der Waals surface area contributed by atoms with Gasteiger partial charge in [0, 0.05) is 46.3 Å². The van der Waals surface area contributed by atoms with Crippen molar-refractivity contribution in [1.29, 1.82) is 0 Å². The van der Waals surface area contributed by atoms with Crippen LogP contribution in [0.5, 0.6) is 0 Å². The van der Waals surface area contributed by atoms with Crippen molar-refractivity contribution in [3.63, 3.8) is 0 Å². The molecular weight excluding hydrogens is 434 g/mol. The van der Waals surface area contributed by atoms with Gasteiger partial charge in [0.05, 0.1) is 11.4 Å². The Morgan fingerprint density at radius 1 is 0.765 bits per heavy atom. The van der Waals surface area contributed by atoms with Crippen molar-refractivity contribution in [1.82, 2.24) is 23.9 Å². The van der Waals surface area contributed by atoms with Crippen LogP contribution in [0.4, 0.5) is 11.4 Å². The fourth-order valence-electron chi connectivity index (χ4n) is 3.75. The van der Waals surface area contributed by atoms with E-state index in [0.29, 0.717) is 35.0 Å². The standard InChI is InChI=1S/C24H33N7O3/c1-16-10-19(29(4)13-16)23(33)26-18-12-21(31(6)15-18)24(34)27-17-11-20(30(5)14-17)22(32)25-8-7-9-28(2)3/h10-15H,7-9H2,1-6H3,(H,25,32)(H,26,33)(H,27,34). The fourth-order valence-corrected chi connectivity index (χ4v) is 3.75. The number of carbonyl (C=O) groups excluding carboxylic acids is 3. The molecule has 0 fully saturated rings. The Kier molecular flexibility index (Phi) is 7.62. The van der Waals surface area contributed by atoms with Crippen molar-refractivity contribution in [2.75, 3.05) is 37.8 Å². The molecule has 182 valence electrons. The predicted molar refractivity (Wildman–Crippen MR) is 132 cm³/mol. The SMILES string of the molecule is Cc1cc(C(=O)Nc2cc(C(=O)Nc3cc(C(=O)NCCCN(C)C)n(C)c3)n(C)c2)n(C)c1. The summed E-state index contributed by atoms with van der Waals surface area (Å²) in [6.45, 7) is 3.38. The van der Waals surface area contributed by atoms with Crippen molar-refractivity contribution >= 4 is 29.1 Å². The highest BCUT2D eigenvalue weighted by Crippen LogP contribution is 2.18. The molecule has 0 radical (unpaired) electrons. The van der Waals surface area contributed by atoms with E-state index in [1.54, 1.807) is 58.4 Å². The van der Waals surface area contributed by atoms with Crippen molar-refractivity contribution in [2.45, 2.75) is 13.3 Å². The average Bonchev–Trinajstić information content (AvgIpc) is 3.41. The molecule has 0 spiro atoms. The number of hydrogen-bond donors (Lipinski definition) is 3. The number of amides is 3. The summed E-state index contributed by atoms with van der Waals surface area (Å²) in [5.74, 6) is -0.791. The normalized spacial score (nSPS) is 11.0. The van der Waals surface area contributed by atoms with Gasteiger partial charge >= 0.3 is 0 Å². The van der Waals surface area contributed by atoms with Gasteiger partial charge in [-0.15, -0.1) is 0 Å². The molecule has 3 rings (SSSR count). The van der Waals surface area contributed by atoms with E-state index < -0.39 is 0 Å². The monoisotopic (exact) mass is 467 g/mol. The number of anilines is 2. The molecule has 0 atom stereocenters. The Labute approximate surface area is 199 Å². The summed E-state index contributed by atoms with van der Waals surface area (Å²) in [5, 5.41) is 8.55. The summed E-state index contributed by atoms with van der Waals surface area (Å²) < 4.78 is 5.07. The third kappa shape index (κ3) is 5.96. The molecule has 0 aliphatic heterocycles. The molecule has 34 heavy (non-hydrogen) atoms. The summed E-state index contributed by atoms with van der Waals surface area (Å²) in [4.78, 5) is 40.0. The van der Waals surface area contributed by atoms with Crippen LogP contribution in [-0.4, -0.2) is 63.5 Å². The lowest BCUT2D eigenvalue weighted by Gasteiger charge is -2.10. The van der Waals surface area contributed by atoms with Crippen LogP contribution in [0.1, 0.15) is 43.4 Å². The molecule has 3 amide bonds. The van der Waals surface area contributed by atoms with Gasteiger partial charge in [-0.25, -0.2) is 0 Å². The summed E-state index contributed by atoms with van der Waals surface area (Å²) in [7, 11) is 9.27. The van der Waals surface area contributed by atoms with Gasteiger partial charge in [-0.05, 0) is 57.7 Å². The Hall–Kier alpha value is -3.79. The number of hydrogen-bond acceptors (Lipinski definition) is 4. The zero-order valence-corrected chi connectivity index (χ0v) is 20.6. The zero-order valence-electron chi connectivity index (χ0n) is 20.6. The lowest BCUT2D eigenvalue weighted by Crippen LogP contribution is -2.28. The fraction of sp³-hybridized carbons (Fsp3) is 0.375. The number of aromatic nitrogens is 3. The summed E-state index contributed by atoms with van der Waals surface area (Å²) in [6, 6.07) is 5.06. The molecule has 10 heteroatoms. The van der Waals surface area contributed by atoms with Crippen molar-refractivity contribution in [2.24, 2.45) is 21.1 Å². The van der Waals surface area contributed by atoms with Crippen LogP contribution in [0, 0.1) is 6.92 Å². The van der Waals surface area contributed by atoms with E-state index in [9.17, 15) is 14.4 Å². The highest BCUT2D eigenvalue weighted by molar-refractivity contribution is 6.07. The molecule has 3 N–H and O–H groups in total. The minimum atomic E-state index is -0.346. The van der Waals surface area contributed by atoms with Crippen molar-refractivity contribution in [3.05, 3.63) is 59.4 Å². The maximum atomic E-state index is 12.9. The first-order valence-corrected chi connectivity index (χ1v) is 11.1. The highest BCUT2D eigenvalue weighted by atomic mass is 16.2. The highest BCUT2D eigenvalue weighted by Gasteiger charge is 2.18. The minimum Gasteiger partial charge on any atom is -0.351 e. The lowest BCUT2D eigenvalue weighted by molar-refractivity contribution is 0.0942. The molecule has 3 heterocycles. The third-order valence-electron chi connectivity index (χ3n) is 5.43. The van der Waals surface area contributed by atoms with E-state index in [1.165, 1.54) is 0 Å². The second kappa shape index (κ2) is 10.4. The van der Waals surface area contributed by atoms with Gasteiger partial charge in [-0.2, -0.15) is 0 Å². The van der Waals surface area contributed by atoms with Crippen LogP contribution in [0.15, 0.2) is 36.8 Å². The van der Waals surface area contributed by atoms with Crippen LogP contribution < -0.4 is 16.0 Å². The van der Waals surface area contributed by atoms with E-state index >= 15 is 0 Å². The van der Waals surface area contributed by atoms with E-state index in [-0.39, 0.29) is 17.7 Å². The molecular formula is C24H33N7O3. The second-order valence-electron chi connectivity index (χ2n) is 8.78. The molecule has 0 saturated heterocycles. The number of nitrogens with zero attached hydrogens (tertiary/aromatic N) is 4. The third-order valence-corrected chi connectivity index (χ3v) is 5.43. The van der Waals surface area contributed by atoms with Crippen LogP contribution in [-0.2, 0) is 21.1 Å². The van der Waals surface area contributed by atoms with Crippen molar-refractivity contribution < 1.29 is 14.4 Å². The minimum absolute atomic E-state index is 0.193. The number of rotatable bonds is 9. The molecule has 0 saturated carbocycles. The summed E-state index contributed by atoms with van der Waals surface area (Å²) >= 11 is 0. The first kappa shape index (κ1) is 24.8. The molecule has 0 unspecified atom stereocenters. The first-order valence-electron chi connectivity index (χ1n) is 11.1. The summed E-state index contributed by atoms with van der Waals surface area (Å²) in [5.41, 5.74) is 3.38. The predicted octanol–water partition coefficient (Wildman–Crippen LogP) is 2.20. The topological polar surface area (TPSA) is 105 Å². The van der Waals surface area contributed by atoms with Gasteiger partial charge in [0.25, 0.3) is 17.7 Å². The van der Waals surface area contributed by atoms with Gasteiger partial charge in [-0.3, -0.25) is 14.4 Å². The smallest absolute Gasteiger partial charge is 0.272 e. The van der Waals surface area contributed by atoms with Gasteiger partial charge in [0.15, 0.2) is 0 Å². The molecule has 3 aromatic rings. The molecule has 0 aromatic carbocycles. The molecule has 10 nitrogen and oxygen atoms in total. The maximum Gasteiger partial charge on any atom is 0.272 e. The van der Waals surface area contributed by atoms with Crippen molar-refractivity contribution in [3.8, 4) is 0 Å².